The molecule has 54 heavy (non-hydrogen) atoms. The molecule has 0 N–H and O–H groups in total. The second kappa shape index (κ2) is 12.4. The summed E-state index contributed by atoms with van der Waals surface area (Å²) in [6, 6.07) is 55.4. The first kappa shape index (κ1) is 31.4. The zero-order chi connectivity index (χ0) is 36.3. The fraction of sp³-hybridized carbons (Fsp3) is 0.0200. The number of nitriles is 1. The summed E-state index contributed by atoms with van der Waals surface area (Å²) in [7, 11) is 0. The maximum Gasteiger partial charge on any atom is 0.137 e. The molecule has 4 nitrogen and oxygen atoms in total. The lowest BCUT2D eigenvalue weighted by Crippen LogP contribution is -2.03. The minimum atomic E-state index is 0.652. The van der Waals surface area contributed by atoms with E-state index in [2.05, 4.69) is 156 Å². The Morgan fingerprint density at radius 1 is 0.611 bits per heavy atom. The van der Waals surface area contributed by atoms with E-state index in [0.717, 1.165) is 83.4 Å². The molecule has 0 aliphatic heterocycles. The molecule has 3 heterocycles. The molecule has 0 aliphatic rings. The molecule has 254 valence electrons. The fourth-order valence-electron chi connectivity index (χ4n) is 8.29. The van der Waals surface area contributed by atoms with Crippen LogP contribution in [-0.2, 0) is 0 Å². The van der Waals surface area contributed by atoms with Crippen LogP contribution < -0.4 is 0 Å². The number of benzene rings is 7. The summed E-state index contributed by atoms with van der Waals surface area (Å²) in [5.41, 5.74) is 14.4. The Kier molecular flexibility index (Phi) is 7.21. The van der Waals surface area contributed by atoms with Crippen molar-refractivity contribution in [1.29, 1.82) is 5.26 Å². The summed E-state index contributed by atoms with van der Waals surface area (Å²) in [6.45, 7) is 6.39. The van der Waals surface area contributed by atoms with E-state index in [9.17, 15) is 5.26 Å². The normalized spacial score (nSPS) is 11.8. The molecule has 10 rings (SSSR count). The van der Waals surface area contributed by atoms with Crippen LogP contribution in [0.5, 0.6) is 0 Å². The fourth-order valence-corrected chi connectivity index (χ4v) is 8.29. The zero-order valence-corrected chi connectivity index (χ0v) is 29.6. The number of aromatic nitrogens is 2. The van der Waals surface area contributed by atoms with Crippen molar-refractivity contribution in [3.05, 3.63) is 181 Å². The molecular weight excluding hydrogens is 659 g/mol. The highest BCUT2D eigenvalue weighted by atomic mass is 16.3. The Balaban J connectivity index is 1.28. The van der Waals surface area contributed by atoms with E-state index < -0.39 is 0 Å². The van der Waals surface area contributed by atoms with Gasteiger partial charge in [0.15, 0.2) is 0 Å². The smallest absolute Gasteiger partial charge is 0.137 e. The highest BCUT2D eigenvalue weighted by molar-refractivity contribution is 6.24. The average molecular weight is 692 g/mol. The lowest BCUT2D eigenvalue weighted by Gasteiger charge is -2.18. The van der Waals surface area contributed by atoms with Gasteiger partial charge in [-0.25, -0.2) is 0 Å². The lowest BCUT2D eigenvalue weighted by atomic mass is 9.98. The number of para-hydroxylation sites is 3. The Bertz CT molecular complexity index is 3180. The number of hydrogen-bond donors (Lipinski definition) is 0. The van der Waals surface area contributed by atoms with Crippen molar-refractivity contribution in [3.63, 3.8) is 0 Å². The van der Waals surface area contributed by atoms with E-state index in [4.69, 9.17) is 4.42 Å². The molecule has 0 atom stereocenters. The largest absolute Gasteiger partial charge is 0.456 e. The number of fused-ring (bicyclic) bond motifs is 8. The minimum absolute atomic E-state index is 0.652. The van der Waals surface area contributed by atoms with Gasteiger partial charge in [0, 0.05) is 38.4 Å². The SMILES string of the molecule is C=Cc1c(/C=C\C)c2ccccc2n1-c1cc(-n2c3ccccc3c3ccc4oc5ccccc5c4c32)ccc1-c1ccc(-c2ccc(C#N)cc2)cc1. The molecule has 0 fully saturated rings. The van der Waals surface area contributed by atoms with Gasteiger partial charge in [0.1, 0.15) is 11.2 Å². The number of furan rings is 1. The van der Waals surface area contributed by atoms with Gasteiger partial charge in [-0.15, -0.1) is 0 Å². The number of rotatable bonds is 6. The van der Waals surface area contributed by atoms with E-state index >= 15 is 0 Å². The van der Waals surface area contributed by atoms with Crippen molar-refractivity contribution >= 4 is 66.8 Å². The van der Waals surface area contributed by atoms with Crippen LogP contribution in [0.1, 0.15) is 23.7 Å². The molecule has 4 heteroatoms. The van der Waals surface area contributed by atoms with Crippen LogP contribution in [0.25, 0.3) is 100 Å². The number of hydrogen-bond acceptors (Lipinski definition) is 2. The van der Waals surface area contributed by atoms with Crippen LogP contribution >= 0.6 is 0 Å². The molecule has 0 amide bonds. The Hall–Kier alpha value is -7.35. The van der Waals surface area contributed by atoms with Gasteiger partial charge in [-0.3, -0.25) is 0 Å². The molecule has 0 aliphatic carbocycles. The third-order valence-electron chi connectivity index (χ3n) is 10.7. The van der Waals surface area contributed by atoms with Crippen LogP contribution in [0.4, 0.5) is 0 Å². The van der Waals surface area contributed by atoms with E-state index in [-0.39, 0.29) is 0 Å². The van der Waals surface area contributed by atoms with Crippen molar-refractivity contribution in [2.75, 3.05) is 0 Å². The molecule has 0 saturated carbocycles. The molecule has 0 bridgehead atoms. The lowest BCUT2D eigenvalue weighted by molar-refractivity contribution is 0.669. The van der Waals surface area contributed by atoms with Crippen molar-refractivity contribution in [2.24, 2.45) is 0 Å². The van der Waals surface area contributed by atoms with Crippen molar-refractivity contribution in [3.8, 4) is 39.7 Å². The molecule has 0 spiro atoms. The summed E-state index contributed by atoms with van der Waals surface area (Å²) < 4.78 is 11.2. The predicted molar refractivity (Wildman–Crippen MR) is 225 cm³/mol. The topological polar surface area (TPSA) is 46.8 Å². The van der Waals surface area contributed by atoms with Gasteiger partial charge in [-0.1, -0.05) is 116 Å². The van der Waals surface area contributed by atoms with Gasteiger partial charge in [0.2, 0.25) is 0 Å². The minimum Gasteiger partial charge on any atom is -0.456 e. The van der Waals surface area contributed by atoms with E-state index in [1.54, 1.807) is 0 Å². The first-order valence-electron chi connectivity index (χ1n) is 18.1. The Morgan fingerprint density at radius 3 is 1.98 bits per heavy atom. The first-order chi connectivity index (χ1) is 26.7. The van der Waals surface area contributed by atoms with Gasteiger partial charge >= 0.3 is 0 Å². The summed E-state index contributed by atoms with van der Waals surface area (Å²) in [5, 5.41) is 15.1. The van der Waals surface area contributed by atoms with Gasteiger partial charge in [-0.2, -0.15) is 5.26 Å². The van der Waals surface area contributed by atoms with Crippen LogP contribution in [0.15, 0.2) is 169 Å². The highest BCUT2D eigenvalue weighted by Crippen LogP contribution is 2.43. The monoisotopic (exact) mass is 691 g/mol. The van der Waals surface area contributed by atoms with E-state index in [1.165, 1.54) is 16.2 Å². The van der Waals surface area contributed by atoms with Crippen LogP contribution in [0.2, 0.25) is 0 Å². The molecule has 0 unspecified atom stereocenters. The average Bonchev–Trinajstić information content (AvgIpc) is 3.88. The second-order valence-corrected chi connectivity index (χ2v) is 13.6. The number of nitrogens with zero attached hydrogens (tertiary/aromatic N) is 3. The van der Waals surface area contributed by atoms with Gasteiger partial charge in [0.25, 0.3) is 0 Å². The molecular formula is C50H33N3O. The van der Waals surface area contributed by atoms with Crippen LogP contribution in [-0.4, -0.2) is 9.13 Å². The number of allylic oxidation sites excluding steroid dienone is 1. The summed E-state index contributed by atoms with van der Waals surface area (Å²) in [5.74, 6) is 0. The highest BCUT2D eigenvalue weighted by Gasteiger charge is 2.22. The summed E-state index contributed by atoms with van der Waals surface area (Å²) >= 11 is 0. The van der Waals surface area contributed by atoms with Gasteiger partial charge in [-0.05, 0) is 84.3 Å². The second-order valence-electron chi connectivity index (χ2n) is 13.6. The third-order valence-corrected chi connectivity index (χ3v) is 10.7. The third kappa shape index (κ3) is 4.69. The van der Waals surface area contributed by atoms with Crippen LogP contribution in [0.3, 0.4) is 0 Å². The Morgan fingerprint density at radius 2 is 1.26 bits per heavy atom. The predicted octanol–water partition coefficient (Wildman–Crippen LogP) is 13.5. The van der Waals surface area contributed by atoms with Crippen molar-refractivity contribution < 1.29 is 4.42 Å². The maximum absolute atomic E-state index is 9.31. The zero-order valence-electron chi connectivity index (χ0n) is 29.6. The molecule has 7 aromatic carbocycles. The molecule has 0 saturated heterocycles. The van der Waals surface area contributed by atoms with Crippen LogP contribution in [0, 0.1) is 11.3 Å². The molecule has 0 radical (unpaired) electrons. The first-order valence-corrected chi connectivity index (χ1v) is 18.1. The molecule has 3 aromatic heterocycles. The summed E-state index contributed by atoms with van der Waals surface area (Å²) in [6.07, 6.45) is 6.25. The van der Waals surface area contributed by atoms with Crippen molar-refractivity contribution in [1.82, 2.24) is 9.13 Å². The molecule has 10 aromatic rings. The van der Waals surface area contributed by atoms with Gasteiger partial charge < -0.3 is 13.6 Å². The standard InChI is InChI=1S/C50H33N3O/c1-3-11-38-39-12-5-9-16-45(39)53(43(38)4-2)46-30-36(26-27-37(46)35-24-22-34(23-25-35)33-20-18-32(31-51)19-21-33)52-44-15-8-6-13-40(44)41-28-29-48-49(50(41)52)42-14-7-10-17-47(42)54-48/h3-30H,2H2,1H3/b11-3-. The van der Waals surface area contributed by atoms with Crippen molar-refractivity contribution in [2.45, 2.75) is 6.92 Å². The van der Waals surface area contributed by atoms with E-state index in [0.29, 0.717) is 5.56 Å². The maximum atomic E-state index is 9.31. The quantitative estimate of drug-likeness (QED) is 0.174. The Labute approximate surface area is 312 Å². The summed E-state index contributed by atoms with van der Waals surface area (Å²) in [4.78, 5) is 0. The van der Waals surface area contributed by atoms with E-state index in [1.807, 2.05) is 42.5 Å². The van der Waals surface area contributed by atoms with Gasteiger partial charge in [0.05, 0.1) is 45.0 Å².